The Bertz CT molecular complexity index is 236. The van der Waals surface area contributed by atoms with Crippen LogP contribution in [0.25, 0.3) is 0 Å². The number of nitrogens with zero attached hydrogens (tertiary/aromatic N) is 2. The van der Waals surface area contributed by atoms with Crippen molar-refractivity contribution in [2.75, 3.05) is 19.6 Å². The van der Waals surface area contributed by atoms with Gasteiger partial charge in [0.15, 0.2) is 0 Å². The van der Waals surface area contributed by atoms with Gasteiger partial charge in [-0.15, -0.1) is 0 Å². The predicted octanol–water partition coefficient (Wildman–Crippen LogP) is 2.51. The topological polar surface area (TPSA) is 27.0 Å². The summed E-state index contributed by atoms with van der Waals surface area (Å²) in [6.07, 6.45) is 0. The highest BCUT2D eigenvalue weighted by Crippen LogP contribution is 2.34. The first kappa shape index (κ1) is 11.5. The van der Waals surface area contributed by atoms with E-state index in [1.54, 1.807) is 0 Å². The van der Waals surface area contributed by atoms with Gasteiger partial charge in [-0.3, -0.25) is 0 Å². The van der Waals surface area contributed by atoms with Gasteiger partial charge < -0.3 is 4.90 Å². The number of likely N-dealkylation sites (tertiary alicyclic amines) is 1. The third-order valence-electron chi connectivity index (χ3n) is 3.10. The maximum absolute atomic E-state index is 8.91. The third-order valence-corrected chi connectivity index (χ3v) is 3.10. The van der Waals surface area contributed by atoms with Crippen LogP contribution in [0.5, 0.6) is 0 Å². The summed E-state index contributed by atoms with van der Waals surface area (Å²) in [6, 6.07) is 2.35. The van der Waals surface area contributed by atoms with Crippen molar-refractivity contribution in [3.63, 3.8) is 0 Å². The summed E-state index contributed by atoms with van der Waals surface area (Å²) in [6.45, 7) is 14.1. The Morgan fingerprint density at radius 1 is 1.21 bits per heavy atom. The molecule has 1 rings (SSSR count). The highest BCUT2D eigenvalue weighted by molar-refractivity contribution is 4.97. The van der Waals surface area contributed by atoms with Crippen molar-refractivity contribution in [1.82, 2.24) is 4.90 Å². The van der Waals surface area contributed by atoms with Crippen molar-refractivity contribution in [3.8, 4) is 6.07 Å². The summed E-state index contributed by atoms with van der Waals surface area (Å²) in [5, 5.41) is 8.91. The standard InChI is InChI=1S/C12H22N2/c1-11(2,3)10-6-14(7-10)9-12(4,5)8-13/h10H,6-7,9H2,1-5H3. The van der Waals surface area contributed by atoms with E-state index in [0.717, 1.165) is 25.6 Å². The van der Waals surface area contributed by atoms with Gasteiger partial charge in [0.2, 0.25) is 0 Å². The molecule has 0 N–H and O–H groups in total. The lowest BCUT2D eigenvalue weighted by Gasteiger charge is -2.47. The molecule has 0 aromatic rings. The molecule has 0 unspecified atom stereocenters. The molecule has 0 aromatic heterocycles. The summed E-state index contributed by atoms with van der Waals surface area (Å²) in [5.74, 6) is 0.803. The van der Waals surface area contributed by atoms with Crippen LogP contribution in [0.3, 0.4) is 0 Å². The largest absolute Gasteiger partial charge is 0.301 e. The Kier molecular flexibility index (Phi) is 2.92. The SMILES string of the molecule is CC(C)(C#N)CN1CC(C(C)(C)C)C1. The van der Waals surface area contributed by atoms with Crippen molar-refractivity contribution in [2.24, 2.45) is 16.7 Å². The van der Waals surface area contributed by atoms with Crippen molar-refractivity contribution in [2.45, 2.75) is 34.6 Å². The quantitative estimate of drug-likeness (QED) is 0.675. The van der Waals surface area contributed by atoms with E-state index in [0.29, 0.717) is 5.41 Å². The fourth-order valence-corrected chi connectivity index (χ4v) is 1.84. The zero-order valence-corrected chi connectivity index (χ0v) is 10.1. The minimum absolute atomic E-state index is 0.192. The van der Waals surface area contributed by atoms with E-state index in [2.05, 4.69) is 31.7 Å². The molecule has 0 spiro atoms. The smallest absolute Gasteiger partial charge is 0.0697 e. The van der Waals surface area contributed by atoms with E-state index in [1.807, 2.05) is 13.8 Å². The van der Waals surface area contributed by atoms with Crippen molar-refractivity contribution in [3.05, 3.63) is 0 Å². The first-order valence-electron chi connectivity index (χ1n) is 5.38. The van der Waals surface area contributed by atoms with Crippen LogP contribution in [0.15, 0.2) is 0 Å². The highest BCUT2D eigenvalue weighted by Gasteiger charge is 2.37. The zero-order chi connectivity index (χ0) is 11.0. The van der Waals surface area contributed by atoms with Crippen molar-refractivity contribution in [1.29, 1.82) is 5.26 Å². The Morgan fingerprint density at radius 3 is 2.07 bits per heavy atom. The summed E-state index contributed by atoms with van der Waals surface area (Å²) >= 11 is 0. The summed E-state index contributed by atoms with van der Waals surface area (Å²) < 4.78 is 0. The lowest BCUT2D eigenvalue weighted by Crippen LogP contribution is -2.54. The first-order chi connectivity index (χ1) is 6.24. The predicted molar refractivity (Wildman–Crippen MR) is 58.8 cm³/mol. The molecule has 80 valence electrons. The molecule has 1 fully saturated rings. The van der Waals surface area contributed by atoms with Gasteiger partial charge in [-0.25, -0.2) is 0 Å². The Labute approximate surface area is 87.9 Å². The molecule has 0 aliphatic carbocycles. The molecule has 0 bridgehead atoms. The molecule has 2 nitrogen and oxygen atoms in total. The van der Waals surface area contributed by atoms with E-state index in [-0.39, 0.29) is 5.41 Å². The molecule has 0 aromatic carbocycles. The lowest BCUT2D eigenvalue weighted by atomic mass is 9.75. The van der Waals surface area contributed by atoms with Crippen LogP contribution >= 0.6 is 0 Å². The van der Waals surface area contributed by atoms with Gasteiger partial charge in [0, 0.05) is 19.6 Å². The number of rotatable bonds is 2. The van der Waals surface area contributed by atoms with Crippen LogP contribution in [0.2, 0.25) is 0 Å². The fraction of sp³-hybridized carbons (Fsp3) is 0.917. The lowest BCUT2D eigenvalue weighted by molar-refractivity contribution is 0.00923. The van der Waals surface area contributed by atoms with Gasteiger partial charge in [0.25, 0.3) is 0 Å². The Morgan fingerprint density at radius 2 is 1.71 bits per heavy atom. The minimum atomic E-state index is -0.192. The van der Waals surface area contributed by atoms with Gasteiger partial charge >= 0.3 is 0 Å². The van der Waals surface area contributed by atoms with E-state index in [9.17, 15) is 0 Å². The van der Waals surface area contributed by atoms with Gasteiger partial charge in [0.05, 0.1) is 11.5 Å². The van der Waals surface area contributed by atoms with E-state index < -0.39 is 0 Å². The van der Waals surface area contributed by atoms with Gasteiger partial charge in [0.1, 0.15) is 0 Å². The van der Waals surface area contributed by atoms with Crippen LogP contribution in [0, 0.1) is 28.1 Å². The second-order valence-electron chi connectivity index (χ2n) is 6.25. The van der Waals surface area contributed by atoms with Crippen LogP contribution in [-0.4, -0.2) is 24.5 Å². The average Bonchev–Trinajstić information content (AvgIpc) is 1.94. The second-order valence-corrected chi connectivity index (χ2v) is 6.25. The minimum Gasteiger partial charge on any atom is -0.301 e. The zero-order valence-electron chi connectivity index (χ0n) is 10.1. The first-order valence-corrected chi connectivity index (χ1v) is 5.38. The van der Waals surface area contributed by atoms with Crippen LogP contribution in [-0.2, 0) is 0 Å². The highest BCUT2D eigenvalue weighted by atomic mass is 15.2. The molecule has 0 amide bonds. The van der Waals surface area contributed by atoms with E-state index in [4.69, 9.17) is 5.26 Å². The molecular formula is C12H22N2. The van der Waals surface area contributed by atoms with Crippen molar-refractivity contribution >= 4 is 0 Å². The average molecular weight is 194 g/mol. The molecule has 1 aliphatic heterocycles. The molecule has 14 heavy (non-hydrogen) atoms. The third kappa shape index (κ3) is 2.72. The normalized spacial score (nSPS) is 20.3. The second kappa shape index (κ2) is 3.55. The van der Waals surface area contributed by atoms with Gasteiger partial charge in [-0.2, -0.15) is 5.26 Å². The van der Waals surface area contributed by atoms with Crippen LogP contribution in [0.4, 0.5) is 0 Å². The number of hydrogen-bond donors (Lipinski definition) is 0. The molecule has 1 heterocycles. The maximum atomic E-state index is 8.91. The molecule has 1 saturated heterocycles. The van der Waals surface area contributed by atoms with Gasteiger partial charge in [-0.05, 0) is 25.2 Å². The van der Waals surface area contributed by atoms with E-state index >= 15 is 0 Å². The van der Waals surface area contributed by atoms with Crippen LogP contribution in [0.1, 0.15) is 34.6 Å². The van der Waals surface area contributed by atoms with E-state index in [1.165, 1.54) is 0 Å². The summed E-state index contributed by atoms with van der Waals surface area (Å²) in [7, 11) is 0. The number of nitriles is 1. The maximum Gasteiger partial charge on any atom is 0.0697 e. The molecule has 2 heteroatoms. The molecule has 0 atom stereocenters. The molecule has 0 saturated carbocycles. The summed E-state index contributed by atoms with van der Waals surface area (Å²) in [5.41, 5.74) is 0.232. The number of hydrogen-bond acceptors (Lipinski definition) is 2. The van der Waals surface area contributed by atoms with Crippen molar-refractivity contribution < 1.29 is 0 Å². The van der Waals surface area contributed by atoms with Crippen LogP contribution < -0.4 is 0 Å². The fourth-order valence-electron chi connectivity index (χ4n) is 1.84. The molecule has 0 radical (unpaired) electrons. The Hall–Kier alpha value is -0.550. The molecular weight excluding hydrogens is 172 g/mol. The monoisotopic (exact) mass is 194 g/mol. The molecule has 1 aliphatic rings. The van der Waals surface area contributed by atoms with Gasteiger partial charge in [-0.1, -0.05) is 20.8 Å². The summed E-state index contributed by atoms with van der Waals surface area (Å²) in [4.78, 5) is 2.39. The Balaban J connectivity index is 2.34.